The van der Waals surface area contributed by atoms with Gasteiger partial charge < -0.3 is 9.84 Å². The van der Waals surface area contributed by atoms with Gasteiger partial charge in [-0.1, -0.05) is 35.8 Å². The third-order valence-electron chi connectivity index (χ3n) is 2.58. The molecule has 0 atom stereocenters. The number of rotatable bonds is 3. The molecular formula is C12H17BrO2. The minimum Gasteiger partial charge on any atom is -0.496 e. The van der Waals surface area contributed by atoms with Crippen molar-refractivity contribution in [1.29, 1.82) is 0 Å². The van der Waals surface area contributed by atoms with Crippen LogP contribution in [0.3, 0.4) is 0 Å². The highest BCUT2D eigenvalue weighted by atomic mass is 79.9. The third kappa shape index (κ3) is 2.34. The van der Waals surface area contributed by atoms with Crippen molar-refractivity contribution in [3.63, 3.8) is 0 Å². The lowest BCUT2D eigenvalue weighted by molar-refractivity contribution is 0.214. The van der Waals surface area contributed by atoms with Crippen molar-refractivity contribution >= 4 is 15.9 Å². The number of halogens is 1. The van der Waals surface area contributed by atoms with E-state index < -0.39 is 0 Å². The molecule has 0 bridgehead atoms. The van der Waals surface area contributed by atoms with E-state index in [4.69, 9.17) is 4.74 Å². The molecule has 0 amide bonds. The van der Waals surface area contributed by atoms with Crippen molar-refractivity contribution in [2.75, 3.05) is 13.7 Å². The van der Waals surface area contributed by atoms with E-state index in [-0.39, 0.29) is 12.0 Å². The summed E-state index contributed by atoms with van der Waals surface area (Å²) >= 11 is 3.51. The average Bonchev–Trinajstić information content (AvgIpc) is 2.20. The van der Waals surface area contributed by atoms with Gasteiger partial charge in [-0.15, -0.1) is 0 Å². The minimum atomic E-state index is -0.309. The standard InChI is InChI=1S/C12H17BrO2/c1-8-5-6-9(13)10(11(8)15-4)12(2,3)7-14/h5-6,14H,7H2,1-4H3. The van der Waals surface area contributed by atoms with Crippen LogP contribution in [0.25, 0.3) is 0 Å². The lowest BCUT2D eigenvalue weighted by Gasteiger charge is -2.27. The van der Waals surface area contributed by atoms with Crippen LogP contribution in [-0.4, -0.2) is 18.8 Å². The van der Waals surface area contributed by atoms with Crippen LogP contribution in [0.5, 0.6) is 5.75 Å². The van der Waals surface area contributed by atoms with Crippen LogP contribution in [0, 0.1) is 6.92 Å². The Bertz CT molecular complexity index is 359. The van der Waals surface area contributed by atoms with E-state index in [9.17, 15) is 5.11 Å². The Morgan fingerprint density at radius 1 is 1.40 bits per heavy atom. The molecule has 0 saturated heterocycles. The first-order chi connectivity index (χ1) is 6.94. The lowest BCUT2D eigenvalue weighted by atomic mass is 9.84. The molecule has 84 valence electrons. The molecule has 0 aromatic heterocycles. The first kappa shape index (κ1) is 12.5. The SMILES string of the molecule is COc1c(C)ccc(Br)c1C(C)(C)CO. The lowest BCUT2D eigenvalue weighted by Crippen LogP contribution is -2.23. The summed E-state index contributed by atoms with van der Waals surface area (Å²) in [6.45, 7) is 6.08. The Kier molecular flexibility index (Phi) is 3.79. The van der Waals surface area contributed by atoms with Gasteiger partial charge in [-0.05, 0) is 18.6 Å². The quantitative estimate of drug-likeness (QED) is 0.917. The summed E-state index contributed by atoms with van der Waals surface area (Å²) in [4.78, 5) is 0. The molecule has 3 heteroatoms. The summed E-state index contributed by atoms with van der Waals surface area (Å²) in [5.41, 5.74) is 1.79. The zero-order valence-corrected chi connectivity index (χ0v) is 11.2. The predicted molar refractivity (Wildman–Crippen MR) is 65.5 cm³/mol. The van der Waals surface area contributed by atoms with Crippen LogP contribution in [0.15, 0.2) is 16.6 Å². The van der Waals surface area contributed by atoms with Crippen molar-refractivity contribution in [3.05, 3.63) is 27.7 Å². The van der Waals surface area contributed by atoms with Gasteiger partial charge in [0, 0.05) is 15.5 Å². The number of hydrogen-bond donors (Lipinski definition) is 1. The Morgan fingerprint density at radius 2 is 2.00 bits per heavy atom. The van der Waals surface area contributed by atoms with E-state index in [0.29, 0.717) is 0 Å². The van der Waals surface area contributed by atoms with E-state index in [1.807, 2.05) is 32.9 Å². The Hall–Kier alpha value is -0.540. The van der Waals surface area contributed by atoms with Crippen LogP contribution < -0.4 is 4.74 Å². The zero-order valence-electron chi connectivity index (χ0n) is 9.60. The second-order valence-electron chi connectivity index (χ2n) is 4.31. The van der Waals surface area contributed by atoms with Crippen LogP contribution in [0.4, 0.5) is 0 Å². The van der Waals surface area contributed by atoms with Gasteiger partial charge in [-0.25, -0.2) is 0 Å². The number of benzene rings is 1. The topological polar surface area (TPSA) is 29.5 Å². The highest BCUT2D eigenvalue weighted by Gasteiger charge is 2.27. The number of ether oxygens (including phenoxy) is 1. The Labute approximate surface area is 99.4 Å². The molecule has 0 aliphatic carbocycles. The fraction of sp³-hybridized carbons (Fsp3) is 0.500. The van der Waals surface area contributed by atoms with E-state index in [2.05, 4.69) is 15.9 Å². The summed E-state index contributed by atoms with van der Waals surface area (Å²) in [7, 11) is 1.66. The minimum absolute atomic E-state index is 0.0887. The largest absolute Gasteiger partial charge is 0.496 e. The number of methoxy groups -OCH3 is 1. The molecule has 0 spiro atoms. The van der Waals surface area contributed by atoms with Crippen molar-refractivity contribution in [3.8, 4) is 5.75 Å². The Morgan fingerprint density at radius 3 is 2.47 bits per heavy atom. The Balaban J connectivity index is 3.44. The maximum atomic E-state index is 9.41. The van der Waals surface area contributed by atoms with Gasteiger partial charge in [-0.3, -0.25) is 0 Å². The monoisotopic (exact) mass is 272 g/mol. The summed E-state index contributed by atoms with van der Waals surface area (Å²) in [5, 5.41) is 9.41. The number of aliphatic hydroxyl groups is 1. The van der Waals surface area contributed by atoms with Gasteiger partial charge in [0.25, 0.3) is 0 Å². The van der Waals surface area contributed by atoms with E-state index in [1.165, 1.54) is 0 Å². The second kappa shape index (κ2) is 4.54. The van der Waals surface area contributed by atoms with Crippen molar-refractivity contribution < 1.29 is 9.84 Å². The molecule has 1 aromatic carbocycles. The summed E-state index contributed by atoms with van der Waals surface area (Å²) < 4.78 is 6.38. The van der Waals surface area contributed by atoms with Gasteiger partial charge in [0.1, 0.15) is 5.75 Å². The molecule has 1 N–H and O–H groups in total. The first-order valence-corrected chi connectivity index (χ1v) is 5.67. The predicted octanol–water partition coefficient (Wildman–Crippen LogP) is 3.04. The zero-order chi connectivity index (χ0) is 11.6. The highest BCUT2D eigenvalue weighted by Crippen LogP contribution is 2.39. The van der Waals surface area contributed by atoms with E-state index in [1.54, 1.807) is 7.11 Å². The molecule has 0 saturated carbocycles. The van der Waals surface area contributed by atoms with Gasteiger partial charge in [0.2, 0.25) is 0 Å². The van der Waals surface area contributed by atoms with E-state index in [0.717, 1.165) is 21.3 Å². The molecule has 0 radical (unpaired) electrons. The van der Waals surface area contributed by atoms with Crippen molar-refractivity contribution in [2.45, 2.75) is 26.2 Å². The van der Waals surface area contributed by atoms with Gasteiger partial charge in [0.05, 0.1) is 13.7 Å². The number of aryl methyl sites for hydroxylation is 1. The average molecular weight is 273 g/mol. The highest BCUT2D eigenvalue weighted by molar-refractivity contribution is 9.10. The molecular weight excluding hydrogens is 256 g/mol. The normalized spacial score (nSPS) is 11.6. The van der Waals surface area contributed by atoms with Crippen LogP contribution in [0.1, 0.15) is 25.0 Å². The van der Waals surface area contributed by atoms with Gasteiger partial charge in [0.15, 0.2) is 0 Å². The molecule has 0 heterocycles. The molecule has 0 fully saturated rings. The second-order valence-corrected chi connectivity index (χ2v) is 5.17. The van der Waals surface area contributed by atoms with Crippen LogP contribution in [0.2, 0.25) is 0 Å². The molecule has 0 aliphatic heterocycles. The van der Waals surface area contributed by atoms with Crippen molar-refractivity contribution in [2.24, 2.45) is 0 Å². The van der Waals surface area contributed by atoms with Gasteiger partial charge >= 0.3 is 0 Å². The molecule has 1 aromatic rings. The van der Waals surface area contributed by atoms with Crippen LogP contribution in [-0.2, 0) is 5.41 Å². The summed E-state index contributed by atoms with van der Waals surface area (Å²) in [6, 6.07) is 3.99. The summed E-state index contributed by atoms with van der Waals surface area (Å²) in [6.07, 6.45) is 0. The number of aliphatic hydroxyl groups excluding tert-OH is 1. The maximum Gasteiger partial charge on any atom is 0.126 e. The van der Waals surface area contributed by atoms with Crippen LogP contribution >= 0.6 is 15.9 Å². The fourth-order valence-electron chi connectivity index (χ4n) is 1.64. The molecule has 0 aliphatic rings. The molecule has 2 nitrogen and oxygen atoms in total. The molecule has 15 heavy (non-hydrogen) atoms. The fourth-order valence-corrected chi connectivity index (χ4v) is 2.48. The maximum absolute atomic E-state index is 9.41. The molecule has 1 rings (SSSR count). The van der Waals surface area contributed by atoms with Gasteiger partial charge in [-0.2, -0.15) is 0 Å². The molecule has 0 unspecified atom stereocenters. The summed E-state index contributed by atoms with van der Waals surface area (Å²) in [5.74, 6) is 0.850. The van der Waals surface area contributed by atoms with E-state index >= 15 is 0 Å². The number of hydrogen-bond acceptors (Lipinski definition) is 2. The first-order valence-electron chi connectivity index (χ1n) is 4.88. The third-order valence-corrected chi connectivity index (χ3v) is 3.24. The van der Waals surface area contributed by atoms with Crippen molar-refractivity contribution in [1.82, 2.24) is 0 Å². The smallest absolute Gasteiger partial charge is 0.126 e.